The van der Waals surface area contributed by atoms with Crippen LogP contribution in [0.4, 0.5) is 5.69 Å². The quantitative estimate of drug-likeness (QED) is 0.547. The highest BCUT2D eigenvalue weighted by Crippen LogP contribution is 2.28. The van der Waals surface area contributed by atoms with Crippen LogP contribution in [0.1, 0.15) is 15.9 Å². The molecule has 21 heavy (non-hydrogen) atoms. The third-order valence-corrected chi connectivity index (χ3v) is 5.07. The Morgan fingerprint density at radius 2 is 2.00 bits per heavy atom. The molecule has 0 aliphatic rings. The van der Waals surface area contributed by atoms with Crippen LogP contribution in [-0.2, 0) is 11.3 Å². The van der Waals surface area contributed by atoms with Crippen molar-refractivity contribution in [2.75, 3.05) is 5.73 Å². The molecule has 0 atom stereocenters. The molecule has 1 heterocycles. The summed E-state index contributed by atoms with van der Waals surface area (Å²) in [6, 6.07) is 13.2. The largest absolute Gasteiger partial charge is 0.457 e. The van der Waals surface area contributed by atoms with E-state index in [-0.39, 0.29) is 12.6 Å². The highest BCUT2D eigenvalue weighted by Gasteiger charge is 2.14. The van der Waals surface area contributed by atoms with E-state index in [1.54, 1.807) is 29.5 Å². The lowest BCUT2D eigenvalue weighted by atomic mass is 10.2. The average Bonchev–Trinajstić information content (AvgIpc) is 2.91. The molecule has 0 aliphatic carbocycles. The van der Waals surface area contributed by atoms with Crippen LogP contribution in [0, 0.1) is 0 Å². The molecule has 3 nitrogen and oxygen atoms in total. The number of ether oxygens (including phenoxy) is 1. The van der Waals surface area contributed by atoms with Gasteiger partial charge in [0, 0.05) is 16.0 Å². The molecule has 3 rings (SSSR count). The van der Waals surface area contributed by atoms with Gasteiger partial charge in [-0.3, -0.25) is 0 Å². The van der Waals surface area contributed by atoms with Crippen molar-refractivity contribution < 1.29 is 9.53 Å². The first-order chi connectivity index (χ1) is 10.2. The predicted molar refractivity (Wildman–Crippen MR) is 89.5 cm³/mol. The fourth-order valence-electron chi connectivity index (χ4n) is 2.07. The second kappa shape index (κ2) is 5.87. The van der Waals surface area contributed by atoms with E-state index < -0.39 is 0 Å². The number of esters is 1. The Morgan fingerprint density at radius 1 is 1.19 bits per heavy atom. The number of carbonyl (C=O) groups is 1. The van der Waals surface area contributed by atoms with E-state index in [0.717, 1.165) is 10.9 Å². The summed E-state index contributed by atoms with van der Waals surface area (Å²) in [5.41, 5.74) is 7.75. The number of fused-ring (bicyclic) bond motifs is 1. The first-order valence-electron chi connectivity index (χ1n) is 6.33. The van der Waals surface area contributed by atoms with Crippen LogP contribution in [0.5, 0.6) is 0 Å². The van der Waals surface area contributed by atoms with Crippen LogP contribution < -0.4 is 5.73 Å². The number of anilines is 1. The van der Waals surface area contributed by atoms with Gasteiger partial charge in [0.2, 0.25) is 0 Å². The summed E-state index contributed by atoms with van der Waals surface area (Å²) in [5.74, 6) is -0.385. The molecule has 0 saturated heterocycles. The summed E-state index contributed by atoms with van der Waals surface area (Å²) >= 11 is 4.96. The van der Waals surface area contributed by atoms with Crippen LogP contribution in [0.3, 0.4) is 0 Å². The van der Waals surface area contributed by atoms with Crippen LogP contribution in [0.25, 0.3) is 10.1 Å². The van der Waals surface area contributed by atoms with Crippen molar-refractivity contribution in [3.05, 3.63) is 63.4 Å². The Kier molecular flexibility index (Phi) is 3.94. The zero-order chi connectivity index (χ0) is 14.8. The summed E-state index contributed by atoms with van der Waals surface area (Å²) in [5, 5.41) is 3.15. The van der Waals surface area contributed by atoms with Gasteiger partial charge in [-0.25, -0.2) is 4.79 Å². The second-order valence-electron chi connectivity index (χ2n) is 4.54. The first kappa shape index (κ1) is 14.1. The Balaban J connectivity index is 1.78. The first-order valence-corrected chi connectivity index (χ1v) is 8.00. The number of nitrogen functional groups attached to an aromatic ring is 1. The van der Waals surface area contributed by atoms with Gasteiger partial charge in [-0.15, -0.1) is 11.3 Å². The lowest BCUT2D eigenvalue weighted by Crippen LogP contribution is -2.07. The Bertz CT molecular complexity index is 813. The van der Waals surface area contributed by atoms with Crippen molar-refractivity contribution in [2.24, 2.45) is 0 Å². The van der Waals surface area contributed by atoms with Gasteiger partial charge in [-0.1, -0.05) is 24.3 Å². The van der Waals surface area contributed by atoms with Crippen molar-refractivity contribution >= 4 is 49.0 Å². The van der Waals surface area contributed by atoms with E-state index in [2.05, 4.69) is 22.0 Å². The lowest BCUT2D eigenvalue weighted by molar-refractivity contribution is 0.0474. The topological polar surface area (TPSA) is 52.3 Å². The third kappa shape index (κ3) is 2.80. The Morgan fingerprint density at radius 3 is 2.86 bits per heavy atom. The lowest BCUT2D eigenvalue weighted by Gasteiger charge is -2.07. The molecule has 0 saturated carbocycles. The molecule has 1 aromatic heterocycles. The van der Waals surface area contributed by atoms with E-state index in [1.807, 2.05) is 23.6 Å². The van der Waals surface area contributed by atoms with Crippen molar-refractivity contribution in [1.29, 1.82) is 0 Å². The molecule has 0 radical (unpaired) electrons. The van der Waals surface area contributed by atoms with E-state index in [0.29, 0.717) is 15.7 Å². The molecular formula is C16H12BrNO2S. The molecular weight excluding hydrogens is 350 g/mol. The van der Waals surface area contributed by atoms with E-state index in [4.69, 9.17) is 10.5 Å². The van der Waals surface area contributed by atoms with Crippen molar-refractivity contribution in [3.63, 3.8) is 0 Å². The van der Waals surface area contributed by atoms with Gasteiger partial charge in [0.25, 0.3) is 0 Å². The van der Waals surface area contributed by atoms with Crippen LogP contribution in [0.2, 0.25) is 0 Å². The Labute approximate surface area is 134 Å². The number of rotatable bonds is 3. The van der Waals surface area contributed by atoms with Gasteiger partial charge in [0.05, 0.1) is 10.0 Å². The van der Waals surface area contributed by atoms with Crippen LogP contribution in [0.15, 0.2) is 52.3 Å². The fourth-order valence-corrected chi connectivity index (χ4v) is 3.45. The second-order valence-corrected chi connectivity index (χ2v) is 6.25. The number of nitrogens with two attached hydrogens (primary N) is 1. The minimum absolute atomic E-state index is 0.254. The molecule has 106 valence electrons. The molecule has 2 N–H and O–H groups in total. The van der Waals surface area contributed by atoms with Gasteiger partial charge in [0.15, 0.2) is 0 Å². The monoisotopic (exact) mass is 361 g/mol. The standard InChI is InChI=1S/C16H12BrNO2S/c17-15-12(5-3-6-13(15)18)16(19)20-8-10-9-21-14-7-2-1-4-11(10)14/h1-7,9H,8,18H2. The highest BCUT2D eigenvalue weighted by atomic mass is 79.9. The maximum absolute atomic E-state index is 12.1. The molecule has 0 bridgehead atoms. The van der Waals surface area contributed by atoms with Gasteiger partial charge in [-0.2, -0.15) is 0 Å². The van der Waals surface area contributed by atoms with Crippen LogP contribution in [-0.4, -0.2) is 5.97 Å². The molecule has 5 heteroatoms. The van der Waals surface area contributed by atoms with Gasteiger partial charge in [-0.05, 0) is 44.9 Å². The molecule has 2 aromatic carbocycles. The number of hydrogen-bond donors (Lipinski definition) is 1. The summed E-state index contributed by atoms with van der Waals surface area (Å²) in [6.07, 6.45) is 0. The number of carbonyl (C=O) groups excluding carboxylic acids is 1. The SMILES string of the molecule is Nc1cccc(C(=O)OCc2csc3ccccc23)c1Br. The maximum atomic E-state index is 12.1. The Hall–Kier alpha value is -1.85. The van der Waals surface area contributed by atoms with Gasteiger partial charge >= 0.3 is 5.97 Å². The zero-order valence-electron chi connectivity index (χ0n) is 11.0. The summed E-state index contributed by atoms with van der Waals surface area (Å²) in [4.78, 5) is 12.1. The average molecular weight is 362 g/mol. The predicted octanol–water partition coefficient (Wildman–Crippen LogP) is 4.60. The summed E-state index contributed by atoms with van der Waals surface area (Å²) < 4.78 is 7.16. The highest BCUT2D eigenvalue weighted by molar-refractivity contribution is 9.10. The number of hydrogen-bond acceptors (Lipinski definition) is 4. The number of benzene rings is 2. The maximum Gasteiger partial charge on any atom is 0.339 e. The van der Waals surface area contributed by atoms with E-state index in [9.17, 15) is 4.79 Å². The molecule has 0 amide bonds. The van der Waals surface area contributed by atoms with Crippen molar-refractivity contribution in [3.8, 4) is 0 Å². The van der Waals surface area contributed by atoms with Gasteiger partial charge in [0.1, 0.15) is 6.61 Å². The summed E-state index contributed by atoms with van der Waals surface area (Å²) in [6.45, 7) is 0.254. The van der Waals surface area contributed by atoms with Crippen LogP contribution >= 0.6 is 27.3 Å². The molecule has 0 fully saturated rings. The zero-order valence-corrected chi connectivity index (χ0v) is 13.4. The van der Waals surface area contributed by atoms with Crippen molar-refractivity contribution in [1.82, 2.24) is 0 Å². The van der Waals surface area contributed by atoms with Gasteiger partial charge < -0.3 is 10.5 Å². The summed E-state index contributed by atoms with van der Waals surface area (Å²) in [7, 11) is 0. The smallest absolute Gasteiger partial charge is 0.339 e. The normalized spacial score (nSPS) is 10.7. The van der Waals surface area contributed by atoms with E-state index >= 15 is 0 Å². The molecule has 0 aliphatic heterocycles. The van der Waals surface area contributed by atoms with E-state index in [1.165, 1.54) is 4.70 Å². The molecule has 0 unspecified atom stereocenters. The third-order valence-electron chi connectivity index (χ3n) is 3.17. The minimum Gasteiger partial charge on any atom is -0.457 e. The molecule has 3 aromatic rings. The minimum atomic E-state index is -0.385. The van der Waals surface area contributed by atoms with Crippen molar-refractivity contribution in [2.45, 2.75) is 6.61 Å². The number of halogens is 1. The number of thiophene rings is 1. The fraction of sp³-hybridized carbons (Fsp3) is 0.0625. The molecule has 0 spiro atoms.